The van der Waals surface area contributed by atoms with Crippen LogP contribution in [0.25, 0.3) is 0 Å². The van der Waals surface area contributed by atoms with E-state index in [4.69, 9.17) is 4.52 Å². The molecule has 2 rings (SSSR count). The number of aromatic nitrogens is 1. The number of thioether (sulfide) groups is 1. The molecule has 0 aliphatic carbocycles. The van der Waals surface area contributed by atoms with E-state index in [1.165, 1.54) is 16.7 Å². The summed E-state index contributed by atoms with van der Waals surface area (Å²) in [6.45, 7) is 7.10. The van der Waals surface area contributed by atoms with Crippen LogP contribution < -0.4 is 10.6 Å². The van der Waals surface area contributed by atoms with Crippen LogP contribution in [0.1, 0.15) is 26.5 Å². The van der Waals surface area contributed by atoms with Crippen LogP contribution >= 0.6 is 11.8 Å². The molecule has 4 amide bonds. The summed E-state index contributed by atoms with van der Waals surface area (Å²) in [5.74, 6) is 0.302. The minimum atomic E-state index is -0.866. The number of aryl methyl sites for hydroxylation is 1. The molecule has 2 N–H and O–H groups in total. The summed E-state index contributed by atoms with van der Waals surface area (Å²) in [5, 5.41) is 8.58. The third-order valence-corrected chi connectivity index (χ3v) is 4.50. The molecule has 1 aromatic heterocycles. The molecule has 0 bridgehead atoms. The molecule has 0 saturated carbocycles. The van der Waals surface area contributed by atoms with Crippen molar-refractivity contribution in [3.63, 3.8) is 0 Å². The molecule has 0 aromatic carbocycles. The molecular formula is C14H20N4O4S. The van der Waals surface area contributed by atoms with Gasteiger partial charge in [0.25, 0.3) is 5.91 Å². The molecule has 23 heavy (non-hydrogen) atoms. The number of nitrogens with one attached hydrogen (secondary N) is 2. The zero-order valence-corrected chi connectivity index (χ0v) is 14.3. The van der Waals surface area contributed by atoms with Crippen molar-refractivity contribution in [2.45, 2.75) is 38.5 Å². The first-order valence-electron chi connectivity index (χ1n) is 7.20. The topological polar surface area (TPSA) is 105 Å². The largest absolute Gasteiger partial charge is 0.338 e. The molecule has 2 heterocycles. The van der Waals surface area contributed by atoms with Crippen molar-refractivity contribution < 1.29 is 18.9 Å². The van der Waals surface area contributed by atoms with E-state index in [1.54, 1.807) is 33.8 Å². The van der Waals surface area contributed by atoms with Crippen molar-refractivity contribution in [3.05, 3.63) is 11.8 Å². The number of hydrogen-bond donors (Lipinski definition) is 2. The van der Waals surface area contributed by atoms with Crippen LogP contribution in [0.5, 0.6) is 0 Å². The van der Waals surface area contributed by atoms with Gasteiger partial charge in [0.1, 0.15) is 5.54 Å². The monoisotopic (exact) mass is 340 g/mol. The van der Waals surface area contributed by atoms with Gasteiger partial charge in [0.15, 0.2) is 0 Å². The van der Waals surface area contributed by atoms with E-state index in [0.29, 0.717) is 17.3 Å². The Morgan fingerprint density at radius 1 is 1.52 bits per heavy atom. The lowest BCUT2D eigenvalue weighted by atomic mass is 10.1. The Kier molecular flexibility index (Phi) is 4.98. The maximum absolute atomic E-state index is 12.0. The summed E-state index contributed by atoms with van der Waals surface area (Å²) >= 11 is 1.35. The predicted molar refractivity (Wildman–Crippen MR) is 86.1 cm³/mol. The summed E-state index contributed by atoms with van der Waals surface area (Å²) in [7, 11) is 0. The number of hydrogen-bond acceptors (Lipinski definition) is 6. The Hall–Kier alpha value is -2.03. The minimum Gasteiger partial charge on any atom is -0.338 e. The molecule has 1 atom stereocenters. The third kappa shape index (κ3) is 4.04. The van der Waals surface area contributed by atoms with E-state index in [9.17, 15) is 14.4 Å². The smallest absolute Gasteiger partial charge is 0.325 e. The van der Waals surface area contributed by atoms with Crippen molar-refractivity contribution in [1.29, 1.82) is 0 Å². The molecule has 0 radical (unpaired) electrons. The van der Waals surface area contributed by atoms with Crippen molar-refractivity contribution in [2.24, 2.45) is 0 Å². The van der Waals surface area contributed by atoms with E-state index in [2.05, 4.69) is 15.8 Å². The lowest BCUT2D eigenvalue weighted by Crippen LogP contribution is -2.40. The number of carbonyl (C=O) groups excluding carboxylic acids is 3. The Bertz CT molecular complexity index is 628. The molecule has 1 aromatic rings. The number of nitrogens with zero attached hydrogens (tertiary/aromatic N) is 2. The van der Waals surface area contributed by atoms with Crippen LogP contribution in [-0.2, 0) is 9.59 Å². The average molecular weight is 340 g/mol. The van der Waals surface area contributed by atoms with E-state index >= 15 is 0 Å². The summed E-state index contributed by atoms with van der Waals surface area (Å²) in [4.78, 5) is 36.9. The molecule has 1 fully saturated rings. The molecule has 0 spiro atoms. The molecule has 0 unspecified atom stereocenters. The summed E-state index contributed by atoms with van der Waals surface area (Å²) < 4.78 is 4.92. The summed E-state index contributed by atoms with van der Waals surface area (Å²) in [6.07, 6.45) is 0. The Morgan fingerprint density at radius 2 is 2.22 bits per heavy atom. The van der Waals surface area contributed by atoms with Gasteiger partial charge in [-0.2, -0.15) is 0 Å². The predicted octanol–water partition coefficient (Wildman–Crippen LogP) is 1.37. The van der Waals surface area contributed by atoms with Crippen molar-refractivity contribution >= 4 is 35.5 Å². The second kappa shape index (κ2) is 6.61. The van der Waals surface area contributed by atoms with Crippen molar-refractivity contribution in [2.75, 3.05) is 17.6 Å². The van der Waals surface area contributed by atoms with Gasteiger partial charge in [0.05, 0.1) is 10.9 Å². The number of urea groups is 1. The van der Waals surface area contributed by atoms with Gasteiger partial charge < -0.3 is 9.84 Å². The molecule has 126 valence electrons. The molecule has 1 aliphatic rings. The number of rotatable bonds is 6. The molecule has 9 heteroatoms. The quantitative estimate of drug-likeness (QED) is 0.758. The van der Waals surface area contributed by atoms with Crippen LogP contribution in [0.15, 0.2) is 10.6 Å². The Morgan fingerprint density at radius 3 is 2.74 bits per heavy atom. The first-order chi connectivity index (χ1) is 10.7. The Labute approximate surface area is 138 Å². The van der Waals surface area contributed by atoms with Crippen LogP contribution in [-0.4, -0.2) is 51.0 Å². The first kappa shape index (κ1) is 17.3. The van der Waals surface area contributed by atoms with Crippen LogP contribution in [0.2, 0.25) is 0 Å². The number of imide groups is 1. The summed E-state index contributed by atoms with van der Waals surface area (Å²) in [5.41, 5.74) is -0.184. The molecule has 1 saturated heterocycles. The van der Waals surface area contributed by atoms with Crippen LogP contribution in [0.4, 0.5) is 10.7 Å². The van der Waals surface area contributed by atoms with Gasteiger partial charge in [-0.25, -0.2) is 4.79 Å². The van der Waals surface area contributed by atoms with E-state index in [1.807, 2.05) is 0 Å². The number of carbonyl (C=O) groups is 3. The van der Waals surface area contributed by atoms with E-state index < -0.39 is 11.6 Å². The van der Waals surface area contributed by atoms with Crippen LogP contribution in [0, 0.1) is 6.92 Å². The fourth-order valence-electron chi connectivity index (χ4n) is 2.06. The standard InChI is InChI=1S/C14H20N4O4S/c1-8-7-10(22-17-8)15-11(19)9(2)23-6-5-18-12(20)14(3,4)16-13(18)21/h7,9H,5-6H2,1-4H3,(H,15,19)(H,16,21)/t9-/m0/s1. The van der Waals surface area contributed by atoms with E-state index in [-0.39, 0.29) is 23.6 Å². The van der Waals surface area contributed by atoms with Crippen molar-refractivity contribution in [3.8, 4) is 0 Å². The van der Waals surface area contributed by atoms with Gasteiger partial charge in [0, 0.05) is 18.4 Å². The minimum absolute atomic E-state index is 0.219. The molecule has 8 nitrogen and oxygen atoms in total. The van der Waals surface area contributed by atoms with Gasteiger partial charge in [-0.1, -0.05) is 5.16 Å². The highest BCUT2D eigenvalue weighted by Gasteiger charge is 2.43. The first-order valence-corrected chi connectivity index (χ1v) is 8.25. The Balaban J connectivity index is 1.78. The third-order valence-electron chi connectivity index (χ3n) is 3.37. The maximum Gasteiger partial charge on any atom is 0.325 e. The van der Waals surface area contributed by atoms with Gasteiger partial charge >= 0.3 is 6.03 Å². The lowest BCUT2D eigenvalue weighted by molar-refractivity contribution is -0.130. The zero-order chi connectivity index (χ0) is 17.2. The SMILES string of the molecule is Cc1cc(NC(=O)[C@H](C)SCCN2C(=O)NC(C)(C)C2=O)on1. The second-order valence-electron chi connectivity index (χ2n) is 5.85. The number of anilines is 1. The fourth-order valence-corrected chi connectivity index (χ4v) is 2.91. The zero-order valence-electron chi connectivity index (χ0n) is 13.5. The fraction of sp³-hybridized carbons (Fsp3) is 0.571. The summed E-state index contributed by atoms with van der Waals surface area (Å²) in [6, 6.07) is 1.24. The lowest BCUT2D eigenvalue weighted by Gasteiger charge is -2.16. The highest BCUT2D eigenvalue weighted by molar-refractivity contribution is 8.00. The highest BCUT2D eigenvalue weighted by Crippen LogP contribution is 2.19. The van der Waals surface area contributed by atoms with E-state index in [0.717, 1.165) is 0 Å². The average Bonchev–Trinajstić information content (AvgIpc) is 2.94. The van der Waals surface area contributed by atoms with Gasteiger partial charge in [-0.3, -0.25) is 19.8 Å². The normalized spacial score (nSPS) is 18.0. The molecular weight excluding hydrogens is 320 g/mol. The van der Waals surface area contributed by atoms with Gasteiger partial charge in [0.2, 0.25) is 11.8 Å². The van der Waals surface area contributed by atoms with Gasteiger partial charge in [-0.15, -0.1) is 11.8 Å². The number of amides is 4. The highest BCUT2D eigenvalue weighted by atomic mass is 32.2. The molecule has 1 aliphatic heterocycles. The van der Waals surface area contributed by atoms with Crippen LogP contribution in [0.3, 0.4) is 0 Å². The van der Waals surface area contributed by atoms with Gasteiger partial charge in [-0.05, 0) is 27.7 Å². The van der Waals surface area contributed by atoms with Crippen molar-refractivity contribution in [1.82, 2.24) is 15.4 Å². The second-order valence-corrected chi connectivity index (χ2v) is 7.30. The maximum atomic E-state index is 12.0.